The van der Waals surface area contributed by atoms with E-state index in [2.05, 4.69) is 10.6 Å². The number of benzene rings is 1. The van der Waals surface area contributed by atoms with E-state index in [-0.39, 0.29) is 43.1 Å². The van der Waals surface area contributed by atoms with Crippen LogP contribution in [-0.2, 0) is 19.1 Å². The fourth-order valence-corrected chi connectivity index (χ4v) is 2.89. The number of nitrogens with zero attached hydrogens (tertiary/aromatic N) is 1. The van der Waals surface area contributed by atoms with Crippen LogP contribution in [0.25, 0.3) is 0 Å². The van der Waals surface area contributed by atoms with Gasteiger partial charge in [0.2, 0.25) is 11.8 Å². The number of halogens is 2. The van der Waals surface area contributed by atoms with Crippen molar-refractivity contribution in [2.24, 2.45) is 11.7 Å². The first-order valence-corrected chi connectivity index (χ1v) is 9.02. The molecular weight excluding hydrogens is 374 g/mol. The summed E-state index contributed by atoms with van der Waals surface area (Å²) >= 11 is 0. The molecule has 1 aromatic carbocycles. The van der Waals surface area contributed by atoms with Crippen molar-refractivity contribution in [3.8, 4) is 0 Å². The number of ether oxygens (including phenoxy) is 1. The average molecular weight is 396 g/mol. The van der Waals surface area contributed by atoms with Crippen molar-refractivity contribution in [1.29, 1.82) is 0 Å². The summed E-state index contributed by atoms with van der Waals surface area (Å²) in [7, 11) is 0. The van der Waals surface area contributed by atoms with Crippen LogP contribution < -0.4 is 21.3 Å². The Morgan fingerprint density at radius 3 is 2.68 bits per heavy atom. The maximum atomic E-state index is 13.6. The molecule has 28 heavy (non-hydrogen) atoms. The molecule has 1 aliphatic heterocycles. The van der Waals surface area contributed by atoms with Gasteiger partial charge in [0.15, 0.2) is 0 Å². The van der Waals surface area contributed by atoms with Crippen LogP contribution >= 0.6 is 0 Å². The summed E-state index contributed by atoms with van der Waals surface area (Å²) in [5, 5.41) is 4.94. The Kier molecular flexibility index (Phi) is 6.20. The fraction of sp³-hybridized carbons (Fsp3) is 0.500. The first kappa shape index (κ1) is 20.2. The molecule has 2 aliphatic rings. The van der Waals surface area contributed by atoms with Gasteiger partial charge in [0.25, 0.3) is 12.3 Å². The lowest BCUT2D eigenvalue weighted by Crippen LogP contribution is -2.49. The Bertz CT molecular complexity index is 770. The summed E-state index contributed by atoms with van der Waals surface area (Å²) < 4.78 is 32.1. The summed E-state index contributed by atoms with van der Waals surface area (Å²) in [6.45, 7) is 0.304. The standard InChI is InChI=1S/C18H22F2N4O4/c19-16(20)12-7-11(24-5-6-28-9-15(24)25)3-4-13(12)22-18(27)14(8-21)23-17(26)10-1-2-10/h3-4,7,10,14,16H,1-2,5-6,8-9,21H2,(H,22,27)(H,23,26)/t14-/m1/s1. The zero-order valence-electron chi connectivity index (χ0n) is 15.1. The number of anilines is 2. The molecule has 3 amide bonds. The summed E-state index contributed by atoms with van der Waals surface area (Å²) in [5.74, 6) is -1.37. The minimum Gasteiger partial charge on any atom is -0.370 e. The zero-order valence-corrected chi connectivity index (χ0v) is 15.1. The van der Waals surface area contributed by atoms with Crippen molar-refractivity contribution in [3.05, 3.63) is 23.8 Å². The third-order valence-corrected chi connectivity index (χ3v) is 4.64. The van der Waals surface area contributed by atoms with E-state index in [0.29, 0.717) is 12.3 Å². The molecule has 0 unspecified atom stereocenters. The third kappa shape index (κ3) is 4.63. The Labute approximate surface area is 160 Å². The average Bonchev–Trinajstić information content (AvgIpc) is 3.52. The van der Waals surface area contributed by atoms with Crippen LogP contribution in [0.4, 0.5) is 20.2 Å². The van der Waals surface area contributed by atoms with E-state index in [9.17, 15) is 23.2 Å². The van der Waals surface area contributed by atoms with Crippen molar-refractivity contribution in [2.75, 3.05) is 36.5 Å². The second-order valence-corrected chi connectivity index (χ2v) is 6.73. The summed E-state index contributed by atoms with van der Waals surface area (Å²) in [6, 6.07) is 2.95. The number of alkyl halides is 2. The van der Waals surface area contributed by atoms with Gasteiger partial charge in [0.05, 0.1) is 6.61 Å². The third-order valence-electron chi connectivity index (χ3n) is 4.64. The SMILES string of the molecule is NC[C@@H](NC(=O)C1CC1)C(=O)Nc1ccc(N2CCOCC2=O)cc1C(F)F. The van der Waals surface area contributed by atoms with E-state index in [1.54, 1.807) is 0 Å². The topological polar surface area (TPSA) is 114 Å². The van der Waals surface area contributed by atoms with Crippen LogP contribution in [0, 0.1) is 5.92 Å². The highest BCUT2D eigenvalue weighted by atomic mass is 19.3. The van der Waals surface area contributed by atoms with Gasteiger partial charge in [-0.3, -0.25) is 14.4 Å². The molecule has 1 aliphatic carbocycles. The predicted octanol–water partition coefficient (Wildman–Crippen LogP) is 0.779. The van der Waals surface area contributed by atoms with Gasteiger partial charge in [-0.05, 0) is 31.0 Å². The molecular formula is C18H22F2N4O4. The van der Waals surface area contributed by atoms with Gasteiger partial charge in [0, 0.05) is 35.9 Å². The van der Waals surface area contributed by atoms with E-state index in [1.165, 1.54) is 23.1 Å². The molecule has 1 saturated carbocycles. The van der Waals surface area contributed by atoms with Crippen LogP contribution in [0.3, 0.4) is 0 Å². The van der Waals surface area contributed by atoms with Gasteiger partial charge in [-0.1, -0.05) is 0 Å². The highest BCUT2D eigenvalue weighted by Crippen LogP contribution is 2.32. The normalized spacial score (nSPS) is 18.1. The number of carbonyl (C=O) groups is 3. The first-order chi connectivity index (χ1) is 13.4. The molecule has 1 saturated heterocycles. The number of rotatable bonds is 7. The summed E-state index contributed by atoms with van der Waals surface area (Å²) in [6.07, 6.45) is -1.34. The lowest BCUT2D eigenvalue weighted by Gasteiger charge is -2.27. The number of hydrogen-bond donors (Lipinski definition) is 3. The Morgan fingerprint density at radius 1 is 1.32 bits per heavy atom. The molecule has 152 valence electrons. The smallest absolute Gasteiger partial charge is 0.265 e. The highest BCUT2D eigenvalue weighted by Gasteiger charge is 2.32. The van der Waals surface area contributed by atoms with Gasteiger partial charge >= 0.3 is 0 Å². The summed E-state index contributed by atoms with van der Waals surface area (Å²) in [5.41, 5.74) is 5.34. The molecule has 0 radical (unpaired) electrons. The zero-order chi connectivity index (χ0) is 20.3. The van der Waals surface area contributed by atoms with Crippen molar-refractivity contribution < 1.29 is 27.9 Å². The fourth-order valence-electron chi connectivity index (χ4n) is 2.89. The van der Waals surface area contributed by atoms with Crippen molar-refractivity contribution in [2.45, 2.75) is 25.3 Å². The second-order valence-electron chi connectivity index (χ2n) is 6.73. The molecule has 10 heteroatoms. The van der Waals surface area contributed by atoms with Gasteiger partial charge in [-0.15, -0.1) is 0 Å². The van der Waals surface area contributed by atoms with Crippen LogP contribution in [-0.4, -0.2) is 50.1 Å². The number of carbonyl (C=O) groups excluding carboxylic acids is 3. The molecule has 1 atom stereocenters. The van der Waals surface area contributed by atoms with Crippen LogP contribution in [0.5, 0.6) is 0 Å². The Balaban J connectivity index is 1.75. The molecule has 8 nitrogen and oxygen atoms in total. The van der Waals surface area contributed by atoms with Crippen LogP contribution in [0.15, 0.2) is 18.2 Å². The van der Waals surface area contributed by atoms with Crippen molar-refractivity contribution in [1.82, 2.24) is 5.32 Å². The van der Waals surface area contributed by atoms with E-state index in [0.717, 1.165) is 12.8 Å². The van der Waals surface area contributed by atoms with Crippen LogP contribution in [0.2, 0.25) is 0 Å². The maximum absolute atomic E-state index is 13.6. The molecule has 2 fully saturated rings. The largest absolute Gasteiger partial charge is 0.370 e. The Morgan fingerprint density at radius 2 is 2.07 bits per heavy atom. The lowest BCUT2D eigenvalue weighted by molar-refractivity contribution is -0.127. The number of hydrogen-bond acceptors (Lipinski definition) is 5. The molecule has 1 aromatic rings. The van der Waals surface area contributed by atoms with Gasteiger partial charge in [-0.2, -0.15) is 0 Å². The minimum atomic E-state index is -2.87. The number of amides is 3. The maximum Gasteiger partial charge on any atom is 0.265 e. The van der Waals surface area contributed by atoms with Gasteiger partial charge in [0.1, 0.15) is 12.6 Å². The molecule has 0 aromatic heterocycles. The van der Waals surface area contributed by atoms with Crippen molar-refractivity contribution in [3.63, 3.8) is 0 Å². The quantitative estimate of drug-likeness (QED) is 0.630. The minimum absolute atomic E-state index is 0.0939. The van der Waals surface area contributed by atoms with Crippen molar-refractivity contribution >= 4 is 29.1 Å². The molecule has 4 N–H and O–H groups in total. The first-order valence-electron chi connectivity index (χ1n) is 9.02. The highest BCUT2D eigenvalue weighted by molar-refractivity contribution is 5.99. The van der Waals surface area contributed by atoms with E-state index < -0.39 is 23.9 Å². The molecule has 1 heterocycles. The van der Waals surface area contributed by atoms with E-state index in [4.69, 9.17) is 10.5 Å². The number of nitrogens with two attached hydrogens (primary N) is 1. The Hall–Kier alpha value is -2.59. The number of nitrogens with one attached hydrogen (secondary N) is 2. The van der Waals surface area contributed by atoms with E-state index in [1.807, 2.05) is 0 Å². The predicted molar refractivity (Wildman–Crippen MR) is 96.9 cm³/mol. The van der Waals surface area contributed by atoms with E-state index >= 15 is 0 Å². The van der Waals surface area contributed by atoms with Gasteiger partial charge in [-0.25, -0.2) is 8.78 Å². The monoisotopic (exact) mass is 396 g/mol. The second kappa shape index (κ2) is 8.61. The lowest BCUT2D eigenvalue weighted by atomic mass is 10.1. The molecule has 0 spiro atoms. The van der Waals surface area contributed by atoms with Gasteiger partial charge < -0.3 is 26.0 Å². The molecule has 0 bridgehead atoms. The summed E-state index contributed by atoms with van der Waals surface area (Å²) in [4.78, 5) is 37.5. The van der Waals surface area contributed by atoms with Crippen LogP contribution in [0.1, 0.15) is 24.8 Å². The molecule has 3 rings (SSSR count). The number of morpholine rings is 1.